The van der Waals surface area contributed by atoms with Gasteiger partial charge < -0.3 is 10.6 Å². The Kier molecular flexibility index (Phi) is 5.53. The summed E-state index contributed by atoms with van der Waals surface area (Å²) in [7, 11) is -3.78. The molecule has 3 N–H and O–H groups in total. The summed E-state index contributed by atoms with van der Waals surface area (Å²) in [6, 6.07) is 13.4. The van der Waals surface area contributed by atoms with Crippen molar-refractivity contribution in [2.45, 2.75) is 31.2 Å². The standard InChI is InChI=1S/C20H25N3O3S/c1-14-5-3-7-18(9-14)22-27(25,26)19-8-4-6-17(11-19)20(24)23-13-16(12-21)10-15(23)2/h3-9,11,15-16,22H,10,12-13,21H2,1-2H3. The SMILES string of the molecule is Cc1cccc(NS(=O)(=O)c2cccc(C(=O)N3CC(CN)CC3C)c2)c1. The molecule has 1 amide bonds. The van der Waals surface area contributed by atoms with Gasteiger partial charge in [0.05, 0.1) is 4.90 Å². The van der Waals surface area contributed by atoms with Gasteiger partial charge in [-0.1, -0.05) is 18.2 Å². The lowest BCUT2D eigenvalue weighted by molar-refractivity contribution is 0.0743. The molecule has 0 radical (unpaired) electrons. The number of carbonyl (C=O) groups excluding carboxylic acids is 1. The van der Waals surface area contributed by atoms with E-state index in [1.165, 1.54) is 12.1 Å². The largest absolute Gasteiger partial charge is 0.336 e. The van der Waals surface area contributed by atoms with Gasteiger partial charge in [0.15, 0.2) is 0 Å². The van der Waals surface area contributed by atoms with Crippen LogP contribution < -0.4 is 10.5 Å². The minimum absolute atomic E-state index is 0.0667. The molecule has 0 aliphatic carbocycles. The van der Waals surface area contributed by atoms with Crippen LogP contribution in [0.5, 0.6) is 0 Å². The van der Waals surface area contributed by atoms with Gasteiger partial charge >= 0.3 is 0 Å². The molecule has 0 saturated carbocycles. The quantitative estimate of drug-likeness (QED) is 0.825. The molecule has 1 aliphatic heterocycles. The first kappa shape index (κ1) is 19.4. The zero-order valence-corrected chi connectivity index (χ0v) is 16.4. The number of rotatable bonds is 5. The van der Waals surface area contributed by atoms with E-state index in [2.05, 4.69) is 4.72 Å². The molecule has 0 spiro atoms. The maximum absolute atomic E-state index is 12.9. The van der Waals surface area contributed by atoms with Crippen molar-refractivity contribution in [3.8, 4) is 0 Å². The molecule has 27 heavy (non-hydrogen) atoms. The molecule has 6 nitrogen and oxygen atoms in total. The first-order valence-electron chi connectivity index (χ1n) is 9.01. The maximum Gasteiger partial charge on any atom is 0.261 e. The van der Waals surface area contributed by atoms with E-state index in [1.807, 2.05) is 19.9 Å². The summed E-state index contributed by atoms with van der Waals surface area (Å²) >= 11 is 0. The molecule has 1 heterocycles. The summed E-state index contributed by atoms with van der Waals surface area (Å²) < 4.78 is 28.0. The van der Waals surface area contributed by atoms with Gasteiger partial charge in [-0.3, -0.25) is 9.52 Å². The second-order valence-electron chi connectivity index (χ2n) is 7.15. The number of carbonyl (C=O) groups is 1. The minimum Gasteiger partial charge on any atom is -0.336 e. The van der Waals surface area contributed by atoms with Gasteiger partial charge in [0.2, 0.25) is 0 Å². The second-order valence-corrected chi connectivity index (χ2v) is 8.83. The van der Waals surface area contributed by atoms with Crippen LogP contribution in [0, 0.1) is 12.8 Å². The number of hydrogen-bond acceptors (Lipinski definition) is 4. The predicted molar refractivity (Wildman–Crippen MR) is 106 cm³/mol. The summed E-state index contributed by atoms with van der Waals surface area (Å²) in [5, 5.41) is 0. The Morgan fingerprint density at radius 3 is 2.63 bits per heavy atom. The van der Waals surface area contributed by atoms with Crippen LogP contribution in [0.3, 0.4) is 0 Å². The fourth-order valence-electron chi connectivity index (χ4n) is 3.48. The van der Waals surface area contributed by atoms with Crippen LogP contribution in [0.1, 0.15) is 29.3 Å². The number of nitrogens with one attached hydrogen (secondary N) is 1. The average Bonchev–Trinajstić information content (AvgIpc) is 3.02. The molecule has 2 aromatic rings. The van der Waals surface area contributed by atoms with E-state index in [0.29, 0.717) is 30.3 Å². The van der Waals surface area contributed by atoms with Crippen molar-refractivity contribution in [1.29, 1.82) is 0 Å². The number of likely N-dealkylation sites (tertiary alicyclic amines) is 1. The summed E-state index contributed by atoms with van der Waals surface area (Å²) in [6.45, 7) is 5.04. The van der Waals surface area contributed by atoms with E-state index in [0.717, 1.165) is 12.0 Å². The third-order valence-electron chi connectivity index (χ3n) is 4.92. The van der Waals surface area contributed by atoms with Crippen LogP contribution in [-0.4, -0.2) is 38.4 Å². The predicted octanol–water partition coefficient (Wildman–Crippen LogP) is 2.61. The molecule has 1 fully saturated rings. The summed E-state index contributed by atoms with van der Waals surface area (Å²) in [6.07, 6.45) is 0.870. The Bertz CT molecular complexity index is 943. The van der Waals surface area contributed by atoms with Gasteiger partial charge in [0.1, 0.15) is 0 Å². The molecule has 7 heteroatoms. The lowest BCUT2D eigenvalue weighted by Gasteiger charge is -2.22. The van der Waals surface area contributed by atoms with Crippen molar-refractivity contribution in [1.82, 2.24) is 4.90 Å². The van der Waals surface area contributed by atoms with E-state index in [4.69, 9.17) is 5.73 Å². The molecule has 2 unspecified atom stereocenters. The zero-order valence-electron chi connectivity index (χ0n) is 15.6. The van der Waals surface area contributed by atoms with Gasteiger partial charge in [-0.2, -0.15) is 0 Å². The fourth-order valence-corrected chi connectivity index (χ4v) is 4.58. The van der Waals surface area contributed by atoms with Gasteiger partial charge in [0, 0.05) is 23.8 Å². The Morgan fingerprint density at radius 2 is 1.96 bits per heavy atom. The number of nitrogens with zero attached hydrogens (tertiary/aromatic N) is 1. The number of hydrogen-bond donors (Lipinski definition) is 2. The van der Waals surface area contributed by atoms with E-state index in [-0.39, 0.29) is 16.8 Å². The summed E-state index contributed by atoms with van der Waals surface area (Å²) in [4.78, 5) is 14.7. The molecule has 144 valence electrons. The van der Waals surface area contributed by atoms with Crippen molar-refractivity contribution in [3.63, 3.8) is 0 Å². The summed E-state index contributed by atoms with van der Waals surface area (Å²) in [5.41, 5.74) is 7.55. The van der Waals surface area contributed by atoms with Gasteiger partial charge in [-0.25, -0.2) is 8.42 Å². The highest BCUT2D eigenvalue weighted by molar-refractivity contribution is 7.92. The van der Waals surface area contributed by atoms with Crippen molar-refractivity contribution >= 4 is 21.6 Å². The number of nitrogens with two attached hydrogens (primary N) is 1. The molecule has 3 rings (SSSR count). The number of benzene rings is 2. The molecule has 0 bridgehead atoms. The van der Waals surface area contributed by atoms with E-state index >= 15 is 0 Å². The van der Waals surface area contributed by atoms with Crippen LogP contribution in [0.25, 0.3) is 0 Å². The highest BCUT2D eigenvalue weighted by atomic mass is 32.2. The number of sulfonamides is 1. The van der Waals surface area contributed by atoms with Crippen molar-refractivity contribution in [2.75, 3.05) is 17.8 Å². The lowest BCUT2D eigenvalue weighted by atomic mass is 10.1. The smallest absolute Gasteiger partial charge is 0.261 e. The Morgan fingerprint density at radius 1 is 1.22 bits per heavy atom. The molecule has 0 aromatic heterocycles. The number of aryl methyl sites for hydroxylation is 1. The van der Waals surface area contributed by atoms with Crippen molar-refractivity contribution < 1.29 is 13.2 Å². The second kappa shape index (κ2) is 7.70. The van der Waals surface area contributed by atoms with Crippen LogP contribution in [0.4, 0.5) is 5.69 Å². The highest BCUT2D eigenvalue weighted by Gasteiger charge is 2.32. The van der Waals surface area contributed by atoms with E-state index < -0.39 is 10.0 Å². The van der Waals surface area contributed by atoms with Gasteiger partial charge in [-0.15, -0.1) is 0 Å². The van der Waals surface area contributed by atoms with E-state index in [1.54, 1.807) is 35.2 Å². The first-order chi connectivity index (χ1) is 12.8. The molecule has 1 aliphatic rings. The maximum atomic E-state index is 12.9. The third-order valence-corrected chi connectivity index (χ3v) is 6.30. The molecule has 2 atom stereocenters. The lowest BCUT2D eigenvalue weighted by Crippen LogP contribution is -2.34. The highest BCUT2D eigenvalue weighted by Crippen LogP contribution is 2.25. The van der Waals surface area contributed by atoms with Crippen LogP contribution in [0.2, 0.25) is 0 Å². The number of anilines is 1. The Balaban J connectivity index is 1.83. The molecular weight excluding hydrogens is 362 g/mol. The molecule has 2 aromatic carbocycles. The minimum atomic E-state index is -3.78. The zero-order chi connectivity index (χ0) is 19.6. The molecular formula is C20H25N3O3S. The van der Waals surface area contributed by atoms with Crippen LogP contribution >= 0.6 is 0 Å². The first-order valence-corrected chi connectivity index (χ1v) is 10.5. The molecule has 1 saturated heterocycles. The third kappa shape index (κ3) is 4.31. The monoisotopic (exact) mass is 387 g/mol. The van der Waals surface area contributed by atoms with Crippen LogP contribution in [0.15, 0.2) is 53.4 Å². The summed E-state index contributed by atoms with van der Waals surface area (Å²) in [5.74, 6) is 0.130. The van der Waals surface area contributed by atoms with Crippen molar-refractivity contribution in [2.24, 2.45) is 11.7 Å². The van der Waals surface area contributed by atoms with Gasteiger partial charge in [-0.05, 0) is 68.6 Å². The normalized spacial score (nSPS) is 19.9. The Hall–Kier alpha value is -2.38. The van der Waals surface area contributed by atoms with Crippen molar-refractivity contribution in [3.05, 3.63) is 59.7 Å². The Labute approximate surface area is 160 Å². The number of amides is 1. The van der Waals surface area contributed by atoms with E-state index in [9.17, 15) is 13.2 Å². The average molecular weight is 388 g/mol. The van der Waals surface area contributed by atoms with Crippen LogP contribution in [-0.2, 0) is 10.0 Å². The topological polar surface area (TPSA) is 92.5 Å². The van der Waals surface area contributed by atoms with Gasteiger partial charge in [0.25, 0.3) is 15.9 Å². The fraction of sp³-hybridized carbons (Fsp3) is 0.350.